The van der Waals surface area contributed by atoms with Gasteiger partial charge in [0.05, 0.1) is 0 Å². The summed E-state index contributed by atoms with van der Waals surface area (Å²) in [5, 5.41) is 9.07. The highest BCUT2D eigenvalue weighted by molar-refractivity contribution is 4.96. The van der Waals surface area contributed by atoms with Crippen molar-refractivity contribution in [3.63, 3.8) is 0 Å². The lowest BCUT2D eigenvalue weighted by Crippen LogP contribution is -2.57. The Morgan fingerprint density at radius 1 is 1.00 bits per heavy atom. The second-order valence-electron chi connectivity index (χ2n) is 5.20. The third kappa shape index (κ3) is 3.10. The standard InChI is InChI=1S/C11H16F6O/c1-7-3-2-4-8(5-7)6-9(18,10(12,13)14)11(15,16)17/h7-8,18H,2-6H2,1H3. The number of hydrogen-bond donors (Lipinski definition) is 1. The largest absolute Gasteiger partial charge is 0.426 e. The van der Waals surface area contributed by atoms with Gasteiger partial charge in [-0.15, -0.1) is 0 Å². The van der Waals surface area contributed by atoms with E-state index in [0.29, 0.717) is 19.3 Å². The summed E-state index contributed by atoms with van der Waals surface area (Å²) < 4.78 is 74.9. The van der Waals surface area contributed by atoms with Crippen molar-refractivity contribution in [1.82, 2.24) is 0 Å². The monoisotopic (exact) mass is 278 g/mol. The zero-order valence-electron chi connectivity index (χ0n) is 9.91. The molecule has 2 unspecified atom stereocenters. The van der Waals surface area contributed by atoms with Gasteiger partial charge >= 0.3 is 12.4 Å². The quantitative estimate of drug-likeness (QED) is 0.755. The second kappa shape index (κ2) is 4.90. The fraction of sp³-hybridized carbons (Fsp3) is 1.00. The van der Waals surface area contributed by atoms with Crippen molar-refractivity contribution >= 4 is 0 Å². The van der Waals surface area contributed by atoms with E-state index in [4.69, 9.17) is 5.11 Å². The summed E-state index contributed by atoms with van der Waals surface area (Å²) in [5.41, 5.74) is -4.58. The van der Waals surface area contributed by atoms with Crippen LogP contribution in [-0.4, -0.2) is 23.1 Å². The Bertz CT molecular complexity index is 268. The average Bonchev–Trinajstić information content (AvgIpc) is 2.13. The van der Waals surface area contributed by atoms with Crippen molar-refractivity contribution in [1.29, 1.82) is 0 Å². The molecule has 0 saturated heterocycles. The summed E-state index contributed by atoms with van der Waals surface area (Å²) >= 11 is 0. The van der Waals surface area contributed by atoms with Crippen LogP contribution < -0.4 is 0 Å². The van der Waals surface area contributed by atoms with E-state index < -0.39 is 30.3 Å². The molecule has 1 fully saturated rings. The predicted octanol–water partition coefficient (Wildman–Crippen LogP) is 4.06. The van der Waals surface area contributed by atoms with Crippen molar-refractivity contribution in [3.8, 4) is 0 Å². The molecule has 0 radical (unpaired) electrons. The molecule has 0 spiro atoms. The molecule has 1 aliphatic rings. The molecule has 0 heterocycles. The van der Waals surface area contributed by atoms with E-state index in [2.05, 4.69) is 0 Å². The van der Waals surface area contributed by atoms with Crippen LogP contribution in [0.15, 0.2) is 0 Å². The number of halogens is 6. The van der Waals surface area contributed by atoms with Crippen LogP contribution in [0, 0.1) is 11.8 Å². The molecule has 2 atom stereocenters. The molecule has 0 amide bonds. The zero-order valence-corrected chi connectivity index (χ0v) is 9.91. The molecule has 1 N–H and O–H groups in total. The SMILES string of the molecule is CC1CCCC(CC(O)(C(F)(F)F)C(F)(F)F)C1. The minimum absolute atomic E-state index is 0.106. The zero-order chi connectivity index (χ0) is 14.2. The van der Waals surface area contributed by atoms with Crippen LogP contribution in [0.4, 0.5) is 26.3 Å². The normalized spacial score (nSPS) is 27.3. The molecule has 1 nitrogen and oxygen atoms in total. The number of rotatable bonds is 2. The first kappa shape index (κ1) is 15.6. The summed E-state index contributed by atoms with van der Waals surface area (Å²) in [6.45, 7) is 1.80. The van der Waals surface area contributed by atoms with Crippen LogP contribution in [0.3, 0.4) is 0 Å². The summed E-state index contributed by atoms with van der Waals surface area (Å²) in [4.78, 5) is 0. The van der Waals surface area contributed by atoms with E-state index in [9.17, 15) is 26.3 Å². The van der Waals surface area contributed by atoms with Gasteiger partial charge in [-0.2, -0.15) is 26.3 Å². The van der Waals surface area contributed by atoms with Gasteiger partial charge in [-0.05, 0) is 24.7 Å². The molecule has 0 aliphatic heterocycles. The van der Waals surface area contributed by atoms with Crippen molar-refractivity contribution in [3.05, 3.63) is 0 Å². The summed E-state index contributed by atoms with van der Waals surface area (Å²) in [6.07, 6.45) is -10.6. The second-order valence-corrected chi connectivity index (χ2v) is 5.20. The lowest BCUT2D eigenvalue weighted by molar-refractivity contribution is -0.373. The first-order valence-corrected chi connectivity index (χ1v) is 5.83. The molecule has 1 saturated carbocycles. The highest BCUT2D eigenvalue weighted by atomic mass is 19.4. The predicted molar refractivity (Wildman–Crippen MR) is 52.8 cm³/mol. The van der Waals surface area contributed by atoms with Gasteiger partial charge in [0.15, 0.2) is 0 Å². The van der Waals surface area contributed by atoms with E-state index in [-0.39, 0.29) is 5.92 Å². The van der Waals surface area contributed by atoms with E-state index in [0.717, 1.165) is 6.42 Å². The molecule has 7 heteroatoms. The Balaban J connectivity index is 2.86. The third-order valence-corrected chi connectivity index (χ3v) is 3.57. The summed E-state index contributed by atoms with van der Waals surface area (Å²) in [7, 11) is 0. The minimum Gasteiger partial charge on any atom is -0.374 e. The van der Waals surface area contributed by atoms with Crippen LogP contribution in [0.5, 0.6) is 0 Å². The fourth-order valence-corrected chi connectivity index (χ4v) is 2.56. The van der Waals surface area contributed by atoms with Gasteiger partial charge < -0.3 is 5.11 Å². The highest BCUT2D eigenvalue weighted by Gasteiger charge is 2.70. The first-order chi connectivity index (χ1) is 7.97. The minimum atomic E-state index is -5.69. The van der Waals surface area contributed by atoms with Gasteiger partial charge in [-0.1, -0.05) is 26.2 Å². The van der Waals surface area contributed by atoms with Gasteiger partial charge in [0.2, 0.25) is 0 Å². The Hall–Kier alpha value is -0.460. The van der Waals surface area contributed by atoms with Gasteiger partial charge in [-0.25, -0.2) is 0 Å². The van der Waals surface area contributed by atoms with Crippen molar-refractivity contribution in [2.45, 2.75) is 57.0 Å². The summed E-state index contributed by atoms with van der Waals surface area (Å²) in [5.74, 6) is -0.628. The Labute approximate surface area is 101 Å². The fourth-order valence-electron chi connectivity index (χ4n) is 2.56. The Morgan fingerprint density at radius 3 is 1.89 bits per heavy atom. The van der Waals surface area contributed by atoms with Crippen LogP contribution in [0.1, 0.15) is 39.0 Å². The molecule has 1 aliphatic carbocycles. The average molecular weight is 278 g/mol. The van der Waals surface area contributed by atoms with E-state index >= 15 is 0 Å². The van der Waals surface area contributed by atoms with Crippen molar-refractivity contribution in [2.75, 3.05) is 0 Å². The molecule has 0 aromatic heterocycles. The van der Waals surface area contributed by atoms with Gasteiger partial charge in [-0.3, -0.25) is 0 Å². The first-order valence-electron chi connectivity index (χ1n) is 5.83. The topological polar surface area (TPSA) is 20.2 Å². The van der Waals surface area contributed by atoms with Crippen LogP contribution in [0.2, 0.25) is 0 Å². The summed E-state index contributed by atoms with van der Waals surface area (Å²) in [6, 6.07) is 0. The van der Waals surface area contributed by atoms with Crippen molar-refractivity contribution < 1.29 is 31.4 Å². The number of alkyl halides is 6. The lowest BCUT2D eigenvalue weighted by atomic mass is 9.76. The maximum atomic E-state index is 12.5. The molecule has 0 bridgehead atoms. The Morgan fingerprint density at radius 2 is 1.50 bits per heavy atom. The smallest absolute Gasteiger partial charge is 0.374 e. The number of aliphatic hydroxyl groups is 1. The maximum Gasteiger partial charge on any atom is 0.426 e. The molecule has 18 heavy (non-hydrogen) atoms. The van der Waals surface area contributed by atoms with E-state index in [1.165, 1.54) is 0 Å². The van der Waals surface area contributed by atoms with Crippen molar-refractivity contribution in [2.24, 2.45) is 11.8 Å². The Kier molecular flexibility index (Phi) is 4.25. The lowest BCUT2D eigenvalue weighted by Gasteiger charge is -2.37. The number of hydrogen-bond acceptors (Lipinski definition) is 1. The van der Waals surface area contributed by atoms with Gasteiger partial charge in [0, 0.05) is 0 Å². The van der Waals surface area contributed by atoms with E-state index in [1.54, 1.807) is 6.92 Å². The van der Waals surface area contributed by atoms with E-state index in [1.807, 2.05) is 0 Å². The van der Waals surface area contributed by atoms with Crippen LogP contribution in [-0.2, 0) is 0 Å². The molecule has 0 aromatic carbocycles. The van der Waals surface area contributed by atoms with Gasteiger partial charge in [0.1, 0.15) is 0 Å². The van der Waals surface area contributed by atoms with Gasteiger partial charge in [0.25, 0.3) is 5.60 Å². The highest BCUT2D eigenvalue weighted by Crippen LogP contribution is 2.48. The molecule has 1 rings (SSSR count). The van der Waals surface area contributed by atoms with Crippen LogP contribution in [0.25, 0.3) is 0 Å². The third-order valence-electron chi connectivity index (χ3n) is 3.57. The molecular formula is C11H16F6O. The molecule has 0 aromatic rings. The van der Waals surface area contributed by atoms with Crippen LogP contribution >= 0.6 is 0 Å². The maximum absolute atomic E-state index is 12.5. The molecular weight excluding hydrogens is 262 g/mol. The molecule has 108 valence electrons.